The van der Waals surface area contributed by atoms with Crippen LogP contribution in [-0.2, 0) is 12.6 Å². The van der Waals surface area contributed by atoms with Gasteiger partial charge in [-0.2, -0.15) is 13.2 Å². The number of nitrogens with one attached hydrogen (secondary N) is 2. The molecule has 2 aromatic rings. The highest BCUT2D eigenvalue weighted by Crippen LogP contribution is 2.30. The van der Waals surface area contributed by atoms with Crippen molar-refractivity contribution < 1.29 is 23.0 Å². The van der Waals surface area contributed by atoms with Crippen molar-refractivity contribution in [2.24, 2.45) is 4.99 Å². The second-order valence-corrected chi connectivity index (χ2v) is 6.23. The zero-order chi connectivity index (χ0) is 20.7. The minimum atomic E-state index is -4.38. The van der Waals surface area contributed by atoms with Crippen molar-refractivity contribution >= 4 is 29.9 Å². The summed E-state index contributed by atoms with van der Waals surface area (Å²) in [5.41, 5.74) is 0.567. The fourth-order valence-electron chi connectivity index (χ4n) is 2.66. The summed E-state index contributed by atoms with van der Waals surface area (Å²) < 4.78 is 43.7. The second kappa shape index (κ2) is 11.1. The SMILES string of the molecule is CN=C(NCCc1ccc(OC)cc1O)NC(C)c1cccc(C(F)(F)F)c1.I. The van der Waals surface area contributed by atoms with Crippen LogP contribution in [0.5, 0.6) is 11.5 Å². The molecule has 0 heterocycles. The van der Waals surface area contributed by atoms with Crippen LogP contribution in [0.4, 0.5) is 13.2 Å². The summed E-state index contributed by atoms with van der Waals surface area (Å²) in [6.07, 6.45) is -3.84. The van der Waals surface area contributed by atoms with Gasteiger partial charge in [-0.15, -0.1) is 24.0 Å². The van der Waals surface area contributed by atoms with E-state index in [4.69, 9.17) is 4.74 Å². The molecule has 0 saturated carbocycles. The van der Waals surface area contributed by atoms with Crippen molar-refractivity contribution in [2.75, 3.05) is 20.7 Å². The lowest BCUT2D eigenvalue weighted by Gasteiger charge is -2.19. The molecule has 2 rings (SSSR count). The van der Waals surface area contributed by atoms with E-state index in [-0.39, 0.29) is 35.8 Å². The highest BCUT2D eigenvalue weighted by molar-refractivity contribution is 14.0. The average molecular weight is 523 g/mol. The molecule has 3 N–H and O–H groups in total. The van der Waals surface area contributed by atoms with Gasteiger partial charge < -0.3 is 20.5 Å². The number of rotatable bonds is 6. The minimum Gasteiger partial charge on any atom is -0.508 e. The smallest absolute Gasteiger partial charge is 0.416 e. The van der Waals surface area contributed by atoms with Crippen molar-refractivity contribution in [2.45, 2.75) is 25.6 Å². The van der Waals surface area contributed by atoms with Crippen molar-refractivity contribution in [3.05, 3.63) is 59.2 Å². The summed E-state index contributed by atoms with van der Waals surface area (Å²) in [5.74, 6) is 1.17. The van der Waals surface area contributed by atoms with Crippen LogP contribution in [0.3, 0.4) is 0 Å². The van der Waals surface area contributed by atoms with E-state index in [1.165, 1.54) is 19.2 Å². The summed E-state index contributed by atoms with van der Waals surface area (Å²) in [4.78, 5) is 4.10. The highest BCUT2D eigenvalue weighted by atomic mass is 127. The van der Waals surface area contributed by atoms with Crippen LogP contribution in [0.25, 0.3) is 0 Å². The summed E-state index contributed by atoms with van der Waals surface area (Å²) in [7, 11) is 3.11. The molecule has 0 aliphatic rings. The maximum absolute atomic E-state index is 12.9. The Bertz CT molecular complexity index is 829. The Morgan fingerprint density at radius 3 is 2.52 bits per heavy atom. The molecule has 0 aromatic heterocycles. The lowest BCUT2D eigenvalue weighted by atomic mass is 10.1. The third kappa shape index (κ3) is 7.30. The van der Waals surface area contributed by atoms with Gasteiger partial charge >= 0.3 is 6.18 Å². The first-order valence-corrected chi connectivity index (χ1v) is 8.74. The van der Waals surface area contributed by atoms with E-state index >= 15 is 0 Å². The monoisotopic (exact) mass is 523 g/mol. The van der Waals surface area contributed by atoms with Crippen LogP contribution in [0.15, 0.2) is 47.5 Å². The Morgan fingerprint density at radius 2 is 1.93 bits per heavy atom. The topological polar surface area (TPSA) is 65.9 Å². The maximum atomic E-state index is 12.9. The first-order chi connectivity index (χ1) is 13.2. The molecule has 0 saturated heterocycles. The standard InChI is InChI=1S/C20H24F3N3O2.HI/c1-13(15-5-4-6-16(11-15)20(21,22)23)26-19(24-2)25-10-9-14-7-8-17(28-3)12-18(14)27;/h4-8,11-13,27H,9-10H2,1-3H3,(H2,24,25,26);1H. The minimum absolute atomic E-state index is 0. The third-order valence-corrected chi connectivity index (χ3v) is 4.27. The lowest BCUT2D eigenvalue weighted by Crippen LogP contribution is -2.39. The fraction of sp³-hybridized carbons (Fsp3) is 0.350. The van der Waals surface area contributed by atoms with Gasteiger partial charge in [0.15, 0.2) is 5.96 Å². The molecule has 0 aliphatic heterocycles. The van der Waals surface area contributed by atoms with Gasteiger partial charge in [-0.25, -0.2) is 0 Å². The van der Waals surface area contributed by atoms with Crippen LogP contribution in [0, 0.1) is 0 Å². The van der Waals surface area contributed by atoms with Crippen molar-refractivity contribution in [1.82, 2.24) is 10.6 Å². The van der Waals surface area contributed by atoms with Crippen molar-refractivity contribution in [1.29, 1.82) is 0 Å². The molecule has 2 aromatic carbocycles. The van der Waals surface area contributed by atoms with Crippen LogP contribution < -0.4 is 15.4 Å². The number of ether oxygens (including phenoxy) is 1. The lowest BCUT2D eigenvalue weighted by molar-refractivity contribution is -0.137. The van der Waals surface area contributed by atoms with E-state index in [2.05, 4.69) is 15.6 Å². The number of halogens is 4. The zero-order valence-electron chi connectivity index (χ0n) is 16.4. The first-order valence-electron chi connectivity index (χ1n) is 8.74. The molecule has 0 spiro atoms. The molecular formula is C20H25F3IN3O2. The molecule has 0 bridgehead atoms. The number of hydrogen-bond donors (Lipinski definition) is 3. The maximum Gasteiger partial charge on any atom is 0.416 e. The van der Waals surface area contributed by atoms with Gasteiger partial charge in [0, 0.05) is 19.7 Å². The van der Waals surface area contributed by atoms with Crippen LogP contribution in [0.1, 0.15) is 29.7 Å². The molecule has 0 amide bonds. The molecule has 160 valence electrons. The van der Waals surface area contributed by atoms with Gasteiger partial charge in [0.2, 0.25) is 0 Å². The molecule has 1 atom stereocenters. The Hall–Kier alpha value is -2.17. The normalized spacial score (nSPS) is 12.7. The molecule has 29 heavy (non-hydrogen) atoms. The van der Waals surface area contributed by atoms with Crippen LogP contribution in [-0.4, -0.2) is 31.8 Å². The van der Waals surface area contributed by atoms with Gasteiger partial charge in [-0.05, 0) is 42.7 Å². The Kier molecular flexibility index (Phi) is 9.54. The number of phenols is 1. The number of guanidine groups is 1. The Balaban J connectivity index is 0.00000420. The Labute approximate surface area is 185 Å². The van der Waals surface area contributed by atoms with Gasteiger partial charge in [0.25, 0.3) is 0 Å². The van der Waals surface area contributed by atoms with E-state index in [1.54, 1.807) is 32.2 Å². The number of benzene rings is 2. The molecule has 5 nitrogen and oxygen atoms in total. The van der Waals surface area contributed by atoms with E-state index < -0.39 is 11.7 Å². The second-order valence-electron chi connectivity index (χ2n) is 6.23. The predicted molar refractivity (Wildman–Crippen MR) is 118 cm³/mol. The van der Waals surface area contributed by atoms with Gasteiger partial charge in [0.1, 0.15) is 11.5 Å². The van der Waals surface area contributed by atoms with E-state index in [0.29, 0.717) is 30.2 Å². The van der Waals surface area contributed by atoms with Crippen LogP contribution in [0.2, 0.25) is 0 Å². The Morgan fingerprint density at radius 1 is 1.21 bits per heavy atom. The van der Waals surface area contributed by atoms with Gasteiger partial charge in [-0.3, -0.25) is 4.99 Å². The van der Waals surface area contributed by atoms with E-state index in [9.17, 15) is 18.3 Å². The zero-order valence-corrected chi connectivity index (χ0v) is 18.7. The van der Waals surface area contributed by atoms with E-state index in [0.717, 1.165) is 17.7 Å². The average Bonchev–Trinajstić information content (AvgIpc) is 2.67. The quantitative estimate of drug-likeness (QED) is 0.297. The molecular weight excluding hydrogens is 498 g/mol. The fourth-order valence-corrected chi connectivity index (χ4v) is 2.66. The molecule has 0 fully saturated rings. The number of phenolic OH excluding ortho intramolecular Hbond substituents is 1. The number of hydrogen-bond acceptors (Lipinski definition) is 3. The third-order valence-electron chi connectivity index (χ3n) is 4.27. The molecule has 1 unspecified atom stereocenters. The summed E-state index contributed by atoms with van der Waals surface area (Å²) >= 11 is 0. The number of aliphatic imine (C=N–C) groups is 1. The van der Waals surface area contributed by atoms with Gasteiger partial charge in [0.05, 0.1) is 18.7 Å². The molecule has 0 radical (unpaired) electrons. The van der Waals surface area contributed by atoms with Crippen LogP contribution >= 0.6 is 24.0 Å². The number of nitrogens with zero attached hydrogens (tertiary/aromatic N) is 1. The molecule has 0 aliphatic carbocycles. The number of aromatic hydroxyl groups is 1. The van der Waals surface area contributed by atoms with Crippen molar-refractivity contribution in [3.8, 4) is 11.5 Å². The predicted octanol–water partition coefficient (Wildman–Crippen LogP) is 4.51. The summed E-state index contributed by atoms with van der Waals surface area (Å²) in [6, 6.07) is 9.90. The molecule has 9 heteroatoms. The van der Waals surface area contributed by atoms with Gasteiger partial charge in [-0.1, -0.05) is 18.2 Å². The van der Waals surface area contributed by atoms with E-state index in [1.807, 2.05) is 0 Å². The first kappa shape index (κ1) is 24.9. The largest absolute Gasteiger partial charge is 0.508 e. The van der Waals surface area contributed by atoms with Crippen molar-refractivity contribution in [3.63, 3.8) is 0 Å². The summed E-state index contributed by atoms with van der Waals surface area (Å²) in [6.45, 7) is 2.24. The highest BCUT2D eigenvalue weighted by Gasteiger charge is 2.30. The summed E-state index contributed by atoms with van der Waals surface area (Å²) in [5, 5.41) is 16.1. The number of methoxy groups -OCH3 is 1. The number of alkyl halides is 3.